The first-order valence-electron chi connectivity index (χ1n) is 5.76. The van der Waals surface area contributed by atoms with Gasteiger partial charge in [-0.2, -0.15) is 18.3 Å². The Morgan fingerprint density at radius 2 is 1.94 bits per heavy atom. The average molecular weight is 257 g/mol. The highest BCUT2D eigenvalue weighted by atomic mass is 19.4. The van der Waals surface area contributed by atoms with Crippen LogP contribution in [0.15, 0.2) is 33.4 Å². The molecule has 18 heavy (non-hydrogen) atoms. The third-order valence-corrected chi connectivity index (χ3v) is 3.07. The fourth-order valence-corrected chi connectivity index (χ4v) is 1.99. The van der Waals surface area contributed by atoms with E-state index in [4.69, 9.17) is 0 Å². The molecule has 0 saturated carbocycles. The van der Waals surface area contributed by atoms with E-state index in [1.807, 2.05) is 0 Å². The zero-order valence-electron chi connectivity index (χ0n) is 10.0. The lowest BCUT2D eigenvalue weighted by Gasteiger charge is -2.20. The van der Waals surface area contributed by atoms with Crippen molar-refractivity contribution < 1.29 is 13.2 Å². The Hall–Kier alpha value is -1.59. The van der Waals surface area contributed by atoms with Gasteiger partial charge in [0.15, 0.2) is 0 Å². The van der Waals surface area contributed by atoms with Crippen LogP contribution in [0.25, 0.3) is 0 Å². The summed E-state index contributed by atoms with van der Waals surface area (Å²) in [7, 11) is 1.68. The maximum Gasteiger partial charge on any atom is 0.412 e. The number of allylic oxidation sites excluding steroid dienone is 4. The molecule has 98 valence electrons. The van der Waals surface area contributed by atoms with Gasteiger partial charge >= 0.3 is 6.18 Å². The van der Waals surface area contributed by atoms with Crippen molar-refractivity contribution in [2.75, 3.05) is 7.05 Å². The molecule has 3 nitrogen and oxygen atoms in total. The smallest absolute Gasteiger partial charge is 0.274 e. The molecule has 1 aliphatic carbocycles. The monoisotopic (exact) mass is 257 g/mol. The number of aliphatic imine (C=N–C) groups is 1. The van der Waals surface area contributed by atoms with Crippen molar-refractivity contribution in [1.29, 1.82) is 0 Å². The molecule has 2 aliphatic rings. The predicted molar refractivity (Wildman–Crippen MR) is 64.6 cm³/mol. The molecule has 0 atom stereocenters. The molecule has 1 aliphatic heterocycles. The van der Waals surface area contributed by atoms with Crippen LogP contribution in [0.1, 0.15) is 25.7 Å². The van der Waals surface area contributed by atoms with E-state index in [0.717, 1.165) is 36.0 Å². The Morgan fingerprint density at radius 1 is 1.17 bits per heavy atom. The third-order valence-electron chi connectivity index (χ3n) is 3.07. The van der Waals surface area contributed by atoms with Gasteiger partial charge in [-0.3, -0.25) is 10.4 Å². The Kier molecular flexibility index (Phi) is 3.54. The topological polar surface area (TPSA) is 36.8 Å². The fourth-order valence-electron chi connectivity index (χ4n) is 1.99. The van der Waals surface area contributed by atoms with E-state index in [1.165, 1.54) is 6.08 Å². The molecule has 6 heteroatoms. The molecular formula is C12H14F3N3. The van der Waals surface area contributed by atoms with Crippen molar-refractivity contribution in [3.63, 3.8) is 0 Å². The second kappa shape index (κ2) is 4.96. The van der Waals surface area contributed by atoms with Crippen LogP contribution in [-0.4, -0.2) is 24.8 Å². The van der Waals surface area contributed by atoms with Crippen LogP contribution < -0.4 is 5.43 Å². The van der Waals surface area contributed by atoms with E-state index in [-0.39, 0.29) is 6.42 Å². The van der Waals surface area contributed by atoms with Gasteiger partial charge in [0, 0.05) is 19.0 Å². The normalized spacial score (nSPS) is 23.1. The average Bonchev–Trinajstić information content (AvgIpc) is 2.38. The highest BCUT2D eigenvalue weighted by Gasteiger charge is 2.34. The summed E-state index contributed by atoms with van der Waals surface area (Å²) in [5.74, 6) is 0.807. The minimum Gasteiger partial charge on any atom is -0.274 e. The van der Waals surface area contributed by atoms with Crippen LogP contribution in [0, 0.1) is 0 Å². The predicted octanol–water partition coefficient (Wildman–Crippen LogP) is 2.96. The summed E-state index contributed by atoms with van der Waals surface area (Å²) < 4.78 is 37.4. The number of hydrogen-bond donors (Lipinski definition) is 1. The van der Waals surface area contributed by atoms with Crippen LogP contribution in [0.3, 0.4) is 0 Å². The van der Waals surface area contributed by atoms with Crippen molar-refractivity contribution >= 4 is 11.5 Å². The first-order chi connectivity index (χ1) is 8.50. The lowest BCUT2D eigenvalue weighted by Crippen LogP contribution is -2.27. The van der Waals surface area contributed by atoms with Crippen molar-refractivity contribution in [3.8, 4) is 0 Å². The first kappa shape index (κ1) is 12.9. The van der Waals surface area contributed by atoms with Gasteiger partial charge in [0.1, 0.15) is 5.84 Å². The second-order valence-electron chi connectivity index (χ2n) is 4.22. The molecule has 0 aromatic heterocycles. The van der Waals surface area contributed by atoms with Crippen LogP contribution in [0.4, 0.5) is 13.2 Å². The van der Waals surface area contributed by atoms with Crippen LogP contribution in [0.2, 0.25) is 0 Å². The first-order valence-corrected chi connectivity index (χ1v) is 5.76. The molecule has 0 aromatic carbocycles. The molecule has 0 amide bonds. The third kappa shape index (κ3) is 2.80. The summed E-state index contributed by atoms with van der Waals surface area (Å²) in [5.41, 5.74) is 4.06. The van der Waals surface area contributed by atoms with E-state index in [0.29, 0.717) is 6.42 Å². The quantitative estimate of drug-likeness (QED) is 0.770. The Morgan fingerprint density at radius 3 is 2.39 bits per heavy atom. The minimum atomic E-state index is -4.21. The van der Waals surface area contributed by atoms with Crippen LogP contribution in [0.5, 0.6) is 0 Å². The highest BCUT2D eigenvalue weighted by Crippen LogP contribution is 2.33. The number of hydrazone groups is 1. The molecule has 1 heterocycles. The van der Waals surface area contributed by atoms with Gasteiger partial charge in [-0.15, -0.1) is 0 Å². The molecule has 0 bridgehead atoms. The SMILES string of the molecule is CN=C1CCC(C2=CC=C(C(F)(F)F)CC2)=NN1. The molecule has 2 rings (SSSR count). The highest BCUT2D eigenvalue weighted by molar-refractivity contribution is 6.04. The second-order valence-corrected chi connectivity index (χ2v) is 4.22. The summed E-state index contributed by atoms with van der Waals surface area (Å²) >= 11 is 0. The Balaban J connectivity index is 2.11. The molecule has 0 unspecified atom stereocenters. The summed E-state index contributed by atoms with van der Waals surface area (Å²) in [6.45, 7) is 0. The van der Waals surface area contributed by atoms with E-state index < -0.39 is 11.7 Å². The zero-order chi connectivity index (χ0) is 13.2. The number of nitrogens with zero attached hydrogens (tertiary/aromatic N) is 2. The molecule has 0 saturated heterocycles. The van der Waals surface area contributed by atoms with Gasteiger partial charge in [-0.05, 0) is 24.8 Å². The van der Waals surface area contributed by atoms with Crippen molar-refractivity contribution in [1.82, 2.24) is 5.43 Å². The van der Waals surface area contributed by atoms with Gasteiger partial charge in [0.25, 0.3) is 0 Å². The van der Waals surface area contributed by atoms with Gasteiger partial charge in [-0.25, -0.2) is 0 Å². The maximum absolute atomic E-state index is 12.5. The number of nitrogens with one attached hydrogen (secondary N) is 1. The summed E-state index contributed by atoms with van der Waals surface area (Å²) in [6.07, 6.45) is 0.374. The zero-order valence-corrected chi connectivity index (χ0v) is 10.0. The van der Waals surface area contributed by atoms with E-state index in [1.54, 1.807) is 7.05 Å². The maximum atomic E-state index is 12.5. The molecule has 0 radical (unpaired) electrons. The lowest BCUT2D eigenvalue weighted by atomic mass is 9.92. The number of rotatable bonds is 1. The van der Waals surface area contributed by atoms with Crippen molar-refractivity contribution in [3.05, 3.63) is 23.3 Å². The number of amidine groups is 1. The van der Waals surface area contributed by atoms with E-state index >= 15 is 0 Å². The molecule has 1 N–H and O–H groups in total. The fraction of sp³-hybridized carbons (Fsp3) is 0.500. The Bertz CT molecular complexity index is 456. The molecule has 0 fully saturated rings. The number of alkyl halides is 3. The van der Waals surface area contributed by atoms with Gasteiger partial charge in [0.2, 0.25) is 0 Å². The number of halogens is 3. The lowest BCUT2D eigenvalue weighted by molar-refractivity contribution is -0.0940. The molecular weight excluding hydrogens is 243 g/mol. The van der Waals surface area contributed by atoms with E-state index in [2.05, 4.69) is 15.5 Å². The van der Waals surface area contributed by atoms with Crippen LogP contribution >= 0.6 is 0 Å². The Labute approximate surface area is 103 Å². The van der Waals surface area contributed by atoms with Crippen molar-refractivity contribution in [2.45, 2.75) is 31.9 Å². The largest absolute Gasteiger partial charge is 0.412 e. The summed E-state index contributed by atoms with van der Waals surface area (Å²) in [4.78, 5) is 3.99. The van der Waals surface area contributed by atoms with E-state index in [9.17, 15) is 13.2 Å². The van der Waals surface area contributed by atoms with Crippen LogP contribution in [-0.2, 0) is 0 Å². The summed E-state index contributed by atoms with van der Waals surface area (Å²) in [5, 5.41) is 4.15. The molecule has 0 spiro atoms. The minimum absolute atomic E-state index is 0.0308. The number of hydrogen-bond acceptors (Lipinski definition) is 2. The van der Waals surface area contributed by atoms with Gasteiger partial charge in [0.05, 0.1) is 5.71 Å². The standard InChI is InChI=1S/C12H14F3N3/c1-16-11-7-6-10(17-18-11)8-2-4-9(5-3-8)12(13,14)15/h2,4H,3,5-7H2,1H3,(H,16,18). The van der Waals surface area contributed by atoms with Crippen molar-refractivity contribution in [2.24, 2.45) is 10.1 Å². The van der Waals surface area contributed by atoms with Gasteiger partial charge < -0.3 is 0 Å². The van der Waals surface area contributed by atoms with Gasteiger partial charge in [-0.1, -0.05) is 12.2 Å². The summed E-state index contributed by atoms with van der Waals surface area (Å²) in [6, 6.07) is 0. The molecule has 0 aromatic rings.